The minimum absolute atomic E-state index is 0.814. The summed E-state index contributed by atoms with van der Waals surface area (Å²) in [6.45, 7) is 12.4. The van der Waals surface area contributed by atoms with E-state index in [0.717, 1.165) is 25.0 Å². The highest BCUT2D eigenvalue weighted by molar-refractivity contribution is 4.72. The van der Waals surface area contributed by atoms with E-state index < -0.39 is 0 Å². The first-order valence-corrected chi connectivity index (χ1v) is 7.02. The first-order valence-electron chi connectivity index (χ1n) is 7.02. The minimum Gasteiger partial charge on any atom is -0.382 e. The molecule has 0 unspecified atom stereocenters. The van der Waals surface area contributed by atoms with Crippen molar-refractivity contribution in [3.63, 3.8) is 0 Å². The normalized spacial score (nSPS) is 19.5. The average Bonchev–Trinajstić information content (AvgIpc) is 2.26. The number of hydrogen-bond acceptors (Lipinski definition) is 2. The molecule has 0 saturated carbocycles. The quantitative estimate of drug-likeness (QED) is 0.619. The van der Waals surface area contributed by atoms with Gasteiger partial charge in [-0.1, -0.05) is 13.8 Å². The van der Waals surface area contributed by atoms with Crippen LogP contribution in [0.25, 0.3) is 0 Å². The van der Waals surface area contributed by atoms with Gasteiger partial charge < -0.3 is 9.64 Å². The molecule has 0 N–H and O–H groups in total. The molecule has 0 aromatic carbocycles. The van der Waals surface area contributed by atoms with Crippen LogP contribution < -0.4 is 0 Å². The van der Waals surface area contributed by atoms with E-state index in [4.69, 9.17) is 4.74 Å². The summed E-state index contributed by atoms with van der Waals surface area (Å²) in [7, 11) is 0. The Morgan fingerprint density at radius 3 is 2.50 bits per heavy atom. The van der Waals surface area contributed by atoms with E-state index >= 15 is 0 Å². The molecule has 0 aliphatic carbocycles. The first kappa shape index (κ1) is 14.0. The third-order valence-electron chi connectivity index (χ3n) is 3.44. The Balaban J connectivity index is 2.03. The molecule has 1 aliphatic rings. The van der Waals surface area contributed by atoms with E-state index in [1.165, 1.54) is 45.3 Å². The molecule has 0 amide bonds. The van der Waals surface area contributed by atoms with Crippen molar-refractivity contribution >= 4 is 0 Å². The maximum absolute atomic E-state index is 5.39. The molecule has 1 fully saturated rings. The predicted octanol–water partition coefficient (Wildman–Crippen LogP) is 3.17. The minimum atomic E-state index is 0.814. The Labute approximate surface area is 101 Å². The predicted molar refractivity (Wildman–Crippen MR) is 69.7 cm³/mol. The molecule has 1 rings (SSSR count). The smallest absolute Gasteiger partial charge is 0.0465 e. The van der Waals surface area contributed by atoms with Crippen LogP contribution >= 0.6 is 0 Å². The summed E-state index contributed by atoms with van der Waals surface area (Å²) in [5.41, 5.74) is 0. The summed E-state index contributed by atoms with van der Waals surface area (Å²) in [6.07, 6.45) is 5.43. The van der Waals surface area contributed by atoms with Crippen LogP contribution in [0.15, 0.2) is 0 Å². The topological polar surface area (TPSA) is 12.5 Å². The standard InChI is InChI=1S/C14H29NO/c1-4-16-11-5-6-14-7-9-15(10-8-14)12-13(2)3/h13-14H,4-12H2,1-3H3. The number of ether oxygens (including phenoxy) is 1. The SMILES string of the molecule is CCOCCCC1CCN(CC(C)C)CC1. The number of piperidine rings is 1. The van der Waals surface area contributed by atoms with Gasteiger partial charge in [-0.2, -0.15) is 0 Å². The molecule has 1 aliphatic heterocycles. The van der Waals surface area contributed by atoms with Gasteiger partial charge in [0.25, 0.3) is 0 Å². The van der Waals surface area contributed by atoms with Gasteiger partial charge >= 0.3 is 0 Å². The number of likely N-dealkylation sites (tertiary alicyclic amines) is 1. The molecule has 0 spiro atoms. The van der Waals surface area contributed by atoms with E-state index in [-0.39, 0.29) is 0 Å². The zero-order chi connectivity index (χ0) is 11.8. The highest BCUT2D eigenvalue weighted by Gasteiger charge is 2.18. The van der Waals surface area contributed by atoms with Gasteiger partial charge in [-0.3, -0.25) is 0 Å². The van der Waals surface area contributed by atoms with Crippen molar-refractivity contribution in [1.29, 1.82) is 0 Å². The van der Waals surface area contributed by atoms with Crippen molar-refractivity contribution < 1.29 is 4.74 Å². The van der Waals surface area contributed by atoms with Crippen molar-refractivity contribution in [3.8, 4) is 0 Å². The summed E-state index contributed by atoms with van der Waals surface area (Å²) in [5.74, 6) is 1.78. The third-order valence-corrected chi connectivity index (χ3v) is 3.44. The van der Waals surface area contributed by atoms with Crippen molar-refractivity contribution in [1.82, 2.24) is 4.90 Å². The van der Waals surface area contributed by atoms with Crippen LogP contribution in [0.2, 0.25) is 0 Å². The first-order chi connectivity index (χ1) is 7.72. The largest absolute Gasteiger partial charge is 0.382 e. The van der Waals surface area contributed by atoms with Gasteiger partial charge in [0.05, 0.1) is 0 Å². The highest BCUT2D eigenvalue weighted by Crippen LogP contribution is 2.22. The lowest BCUT2D eigenvalue weighted by Gasteiger charge is -2.33. The van der Waals surface area contributed by atoms with Gasteiger partial charge in [-0.15, -0.1) is 0 Å². The molecule has 1 saturated heterocycles. The van der Waals surface area contributed by atoms with Gasteiger partial charge in [0.15, 0.2) is 0 Å². The monoisotopic (exact) mass is 227 g/mol. The molecule has 2 nitrogen and oxygen atoms in total. The fourth-order valence-corrected chi connectivity index (χ4v) is 2.59. The van der Waals surface area contributed by atoms with Crippen molar-refractivity contribution in [3.05, 3.63) is 0 Å². The van der Waals surface area contributed by atoms with E-state index in [1.807, 2.05) is 0 Å². The van der Waals surface area contributed by atoms with Crippen LogP contribution in [-0.4, -0.2) is 37.7 Å². The number of hydrogen-bond donors (Lipinski definition) is 0. The van der Waals surface area contributed by atoms with Crippen LogP contribution in [0.4, 0.5) is 0 Å². The second-order valence-electron chi connectivity index (χ2n) is 5.48. The van der Waals surface area contributed by atoms with Crippen LogP contribution in [0.1, 0.15) is 46.5 Å². The van der Waals surface area contributed by atoms with Crippen molar-refractivity contribution in [2.24, 2.45) is 11.8 Å². The molecule has 1 heterocycles. The molecule has 0 bridgehead atoms. The summed E-state index contributed by atoms with van der Waals surface area (Å²) in [4.78, 5) is 2.63. The van der Waals surface area contributed by atoms with Crippen LogP contribution in [0.5, 0.6) is 0 Å². The summed E-state index contributed by atoms with van der Waals surface area (Å²) in [5, 5.41) is 0. The van der Waals surface area contributed by atoms with Crippen molar-refractivity contribution in [2.45, 2.75) is 46.5 Å². The number of rotatable bonds is 7. The van der Waals surface area contributed by atoms with E-state index in [2.05, 4.69) is 25.7 Å². The van der Waals surface area contributed by atoms with Gasteiger partial charge in [-0.05, 0) is 57.5 Å². The van der Waals surface area contributed by atoms with Crippen LogP contribution in [0, 0.1) is 11.8 Å². The lowest BCUT2D eigenvalue weighted by Crippen LogP contribution is -2.36. The van der Waals surface area contributed by atoms with Gasteiger partial charge in [0.1, 0.15) is 0 Å². The van der Waals surface area contributed by atoms with Crippen LogP contribution in [-0.2, 0) is 4.74 Å². The Bertz CT molecular complexity index is 162. The van der Waals surface area contributed by atoms with E-state index in [0.29, 0.717) is 0 Å². The summed E-state index contributed by atoms with van der Waals surface area (Å²) >= 11 is 0. The average molecular weight is 227 g/mol. The maximum Gasteiger partial charge on any atom is 0.0465 e. The lowest BCUT2D eigenvalue weighted by atomic mass is 9.92. The van der Waals surface area contributed by atoms with E-state index in [1.54, 1.807) is 0 Å². The molecular formula is C14H29NO. The maximum atomic E-state index is 5.39. The van der Waals surface area contributed by atoms with Crippen molar-refractivity contribution in [2.75, 3.05) is 32.8 Å². The van der Waals surface area contributed by atoms with Gasteiger partial charge in [0, 0.05) is 19.8 Å². The Hall–Kier alpha value is -0.0800. The lowest BCUT2D eigenvalue weighted by molar-refractivity contribution is 0.125. The summed E-state index contributed by atoms with van der Waals surface area (Å²) < 4.78 is 5.39. The number of nitrogens with zero attached hydrogens (tertiary/aromatic N) is 1. The Morgan fingerprint density at radius 1 is 1.25 bits per heavy atom. The third kappa shape index (κ3) is 5.86. The zero-order valence-electron chi connectivity index (χ0n) is 11.4. The molecule has 96 valence electrons. The van der Waals surface area contributed by atoms with Crippen LogP contribution in [0.3, 0.4) is 0 Å². The fourth-order valence-electron chi connectivity index (χ4n) is 2.59. The molecule has 0 aromatic heterocycles. The van der Waals surface area contributed by atoms with Gasteiger partial charge in [0.2, 0.25) is 0 Å². The van der Waals surface area contributed by atoms with E-state index in [9.17, 15) is 0 Å². The second kappa shape index (κ2) is 8.08. The second-order valence-corrected chi connectivity index (χ2v) is 5.48. The summed E-state index contributed by atoms with van der Waals surface area (Å²) in [6, 6.07) is 0. The molecule has 16 heavy (non-hydrogen) atoms. The molecule has 0 aromatic rings. The van der Waals surface area contributed by atoms with Gasteiger partial charge in [-0.25, -0.2) is 0 Å². The molecule has 2 heteroatoms. The molecule has 0 radical (unpaired) electrons. The highest BCUT2D eigenvalue weighted by atomic mass is 16.5. The molecule has 0 atom stereocenters. The fraction of sp³-hybridized carbons (Fsp3) is 1.00. The Kier molecular flexibility index (Phi) is 7.06. The molecular weight excluding hydrogens is 198 g/mol. The Morgan fingerprint density at radius 2 is 1.94 bits per heavy atom. The zero-order valence-corrected chi connectivity index (χ0v) is 11.4.